The van der Waals surface area contributed by atoms with Crippen molar-refractivity contribution in [3.63, 3.8) is 0 Å². The van der Waals surface area contributed by atoms with E-state index in [2.05, 4.69) is 5.32 Å². The van der Waals surface area contributed by atoms with Gasteiger partial charge in [0.25, 0.3) is 0 Å². The van der Waals surface area contributed by atoms with Gasteiger partial charge >= 0.3 is 17.9 Å². The minimum absolute atomic E-state index is 0.422. The minimum Gasteiger partial charge on any atom is -0.456 e. The Labute approximate surface area is 196 Å². The fraction of sp³-hybridized carbons (Fsp3) is 0.308. The molecule has 4 rings (SSSR count). The molecule has 0 saturated carbocycles. The Kier molecular flexibility index (Phi) is 6.24. The van der Waals surface area contributed by atoms with E-state index in [1.54, 1.807) is 6.07 Å². The van der Waals surface area contributed by atoms with Gasteiger partial charge in [0.2, 0.25) is 5.91 Å². The van der Waals surface area contributed by atoms with Crippen LogP contribution in [0.25, 0.3) is 21.5 Å². The summed E-state index contributed by atoms with van der Waals surface area (Å²) < 4.78 is 17.0. The van der Waals surface area contributed by atoms with Gasteiger partial charge in [-0.2, -0.15) is 0 Å². The van der Waals surface area contributed by atoms with Crippen molar-refractivity contribution in [3.8, 4) is 0 Å². The predicted molar refractivity (Wildman–Crippen MR) is 124 cm³/mol. The lowest BCUT2D eigenvalue weighted by Crippen LogP contribution is -2.55. The molecule has 1 aliphatic rings. The lowest BCUT2D eigenvalue weighted by molar-refractivity contribution is -0.179. The second kappa shape index (κ2) is 9.13. The predicted octanol–water partition coefficient (Wildman–Crippen LogP) is 3.65. The van der Waals surface area contributed by atoms with Crippen molar-refractivity contribution in [2.24, 2.45) is 0 Å². The normalized spacial score (nSPS) is 21.4. The number of esters is 3. The summed E-state index contributed by atoms with van der Waals surface area (Å²) >= 11 is 0. The van der Waals surface area contributed by atoms with Gasteiger partial charge in [0.05, 0.1) is 0 Å². The van der Waals surface area contributed by atoms with E-state index in [1.165, 1.54) is 27.7 Å². The molecule has 8 nitrogen and oxygen atoms in total. The van der Waals surface area contributed by atoms with Gasteiger partial charge < -0.3 is 19.5 Å². The number of rotatable bonds is 4. The minimum atomic E-state index is -1.12. The molecule has 3 aromatic rings. The van der Waals surface area contributed by atoms with Crippen LogP contribution >= 0.6 is 0 Å². The Morgan fingerprint density at radius 1 is 0.706 bits per heavy atom. The number of carbonyl (C=O) groups excluding carboxylic acids is 4. The van der Waals surface area contributed by atoms with Crippen LogP contribution in [0.15, 0.2) is 48.5 Å². The summed E-state index contributed by atoms with van der Waals surface area (Å²) in [5, 5.41) is 6.32. The standard InChI is InChI=1S/C26H25NO7/c1-13(28)27-23-25(33-15(3)30)22-20(24(32-14(2)29)26(23)34-16(4)31)12-11-18-10-9-17-7-5-6-8-19(17)21(18)22/h5-12,23-26H,1-4H3,(H,27,28). The van der Waals surface area contributed by atoms with Gasteiger partial charge in [-0.25, -0.2) is 0 Å². The van der Waals surface area contributed by atoms with E-state index in [4.69, 9.17) is 14.2 Å². The van der Waals surface area contributed by atoms with Gasteiger partial charge in [-0.3, -0.25) is 19.2 Å². The fourth-order valence-electron chi connectivity index (χ4n) is 4.75. The molecule has 0 aromatic heterocycles. The summed E-state index contributed by atoms with van der Waals surface area (Å²) in [5.41, 5.74) is 1.14. The number of ether oxygens (including phenoxy) is 3. The highest BCUT2D eigenvalue weighted by Gasteiger charge is 2.49. The smallest absolute Gasteiger partial charge is 0.303 e. The Hall–Kier alpha value is -3.94. The second-order valence-corrected chi connectivity index (χ2v) is 8.31. The lowest BCUT2D eigenvalue weighted by Gasteiger charge is -2.42. The first-order valence-corrected chi connectivity index (χ1v) is 10.9. The molecule has 4 atom stereocenters. The zero-order valence-electron chi connectivity index (χ0n) is 19.3. The number of carbonyl (C=O) groups is 4. The van der Waals surface area contributed by atoms with Crippen molar-refractivity contribution in [2.75, 3.05) is 0 Å². The van der Waals surface area contributed by atoms with Gasteiger partial charge in [0.1, 0.15) is 6.04 Å². The van der Waals surface area contributed by atoms with Gasteiger partial charge in [0.15, 0.2) is 18.3 Å². The van der Waals surface area contributed by atoms with E-state index in [0.29, 0.717) is 11.1 Å². The summed E-state index contributed by atoms with van der Waals surface area (Å²) in [6.07, 6.45) is -3.14. The monoisotopic (exact) mass is 463 g/mol. The molecule has 8 heteroatoms. The van der Waals surface area contributed by atoms with E-state index in [0.717, 1.165) is 21.5 Å². The van der Waals surface area contributed by atoms with Crippen LogP contribution < -0.4 is 5.32 Å². The average molecular weight is 463 g/mol. The molecule has 0 saturated heterocycles. The van der Waals surface area contributed by atoms with Gasteiger partial charge in [-0.1, -0.05) is 48.5 Å². The summed E-state index contributed by atoms with van der Waals surface area (Å²) in [5.74, 6) is -2.21. The number of benzene rings is 3. The molecular formula is C26H25NO7. The number of fused-ring (bicyclic) bond motifs is 5. The Balaban J connectivity index is 2.10. The number of nitrogens with one attached hydrogen (secondary N) is 1. The molecule has 4 unspecified atom stereocenters. The molecule has 0 fully saturated rings. The summed E-state index contributed by atoms with van der Waals surface area (Å²) in [6, 6.07) is 14.4. The molecule has 1 aliphatic carbocycles. The van der Waals surface area contributed by atoms with Crippen LogP contribution in [-0.4, -0.2) is 36.0 Å². The average Bonchev–Trinajstić information content (AvgIpc) is 2.76. The highest BCUT2D eigenvalue weighted by atomic mass is 16.6. The third-order valence-corrected chi connectivity index (χ3v) is 5.81. The van der Waals surface area contributed by atoms with Crippen LogP contribution in [-0.2, 0) is 33.4 Å². The van der Waals surface area contributed by atoms with Crippen molar-refractivity contribution in [1.29, 1.82) is 0 Å². The number of hydrogen-bond donors (Lipinski definition) is 1. The maximum Gasteiger partial charge on any atom is 0.303 e. The molecule has 176 valence electrons. The highest BCUT2D eigenvalue weighted by Crippen LogP contribution is 2.47. The first kappa shape index (κ1) is 23.2. The van der Waals surface area contributed by atoms with Crippen LogP contribution in [0.3, 0.4) is 0 Å². The summed E-state index contributed by atoms with van der Waals surface area (Å²) in [6.45, 7) is 5.06. The zero-order chi connectivity index (χ0) is 24.6. The van der Waals surface area contributed by atoms with Crippen LogP contribution in [0, 0.1) is 0 Å². The second-order valence-electron chi connectivity index (χ2n) is 8.31. The van der Waals surface area contributed by atoms with E-state index in [-0.39, 0.29) is 0 Å². The Morgan fingerprint density at radius 2 is 1.29 bits per heavy atom. The third-order valence-electron chi connectivity index (χ3n) is 5.81. The Bertz CT molecular complexity index is 1320. The van der Waals surface area contributed by atoms with Crippen molar-refractivity contribution in [3.05, 3.63) is 59.7 Å². The van der Waals surface area contributed by atoms with E-state index >= 15 is 0 Å². The van der Waals surface area contributed by atoms with Crippen LogP contribution in [0.2, 0.25) is 0 Å². The van der Waals surface area contributed by atoms with Gasteiger partial charge in [-0.05, 0) is 21.5 Å². The summed E-state index contributed by atoms with van der Waals surface area (Å²) in [7, 11) is 0. The molecule has 0 spiro atoms. The number of hydrogen-bond acceptors (Lipinski definition) is 7. The van der Waals surface area contributed by atoms with Crippen LogP contribution in [0.1, 0.15) is 51.0 Å². The SMILES string of the molecule is CC(=O)NC1C(OC(C)=O)c2c(ccc3ccc4ccccc4c23)C(OC(C)=O)C1OC(C)=O. The maximum atomic E-state index is 12.2. The Morgan fingerprint density at radius 3 is 1.94 bits per heavy atom. The van der Waals surface area contributed by atoms with E-state index in [9.17, 15) is 19.2 Å². The van der Waals surface area contributed by atoms with Crippen molar-refractivity contribution < 1.29 is 33.4 Å². The van der Waals surface area contributed by atoms with E-state index in [1.807, 2.05) is 42.5 Å². The molecule has 0 radical (unpaired) electrons. The molecule has 34 heavy (non-hydrogen) atoms. The molecule has 0 aliphatic heterocycles. The summed E-state index contributed by atoms with van der Waals surface area (Å²) in [4.78, 5) is 48.5. The largest absolute Gasteiger partial charge is 0.456 e. The quantitative estimate of drug-likeness (QED) is 0.357. The molecule has 3 aromatic carbocycles. The molecule has 0 heterocycles. The van der Waals surface area contributed by atoms with Crippen LogP contribution in [0.4, 0.5) is 0 Å². The van der Waals surface area contributed by atoms with Gasteiger partial charge in [-0.15, -0.1) is 0 Å². The topological polar surface area (TPSA) is 108 Å². The van der Waals surface area contributed by atoms with Crippen molar-refractivity contribution >= 4 is 45.4 Å². The third kappa shape index (κ3) is 4.31. The van der Waals surface area contributed by atoms with Crippen LogP contribution in [0.5, 0.6) is 0 Å². The molecule has 1 N–H and O–H groups in total. The lowest BCUT2D eigenvalue weighted by atomic mass is 9.78. The highest BCUT2D eigenvalue weighted by molar-refractivity contribution is 6.10. The van der Waals surface area contributed by atoms with E-state index < -0.39 is 48.2 Å². The van der Waals surface area contributed by atoms with Crippen molar-refractivity contribution in [2.45, 2.75) is 52.0 Å². The maximum absolute atomic E-state index is 12.2. The molecule has 1 amide bonds. The zero-order valence-corrected chi connectivity index (χ0v) is 19.3. The van der Waals surface area contributed by atoms with Crippen molar-refractivity contribution in [1.82, 2.24) is 5.32 Å². The first-order chi connectivity index (χ1) is 16.2. The van der Waals surface area contributed by atoms with Gasteiger partial charge in [0, 0.05) is 38.8 Å². The fourth-order valence-corrected chi connectivity index (χ4v) is 4.75. The first-order valence-electron chi connectivity index (χ1n) is 10.9. The molecule has 0 bridgehead atoms. The number of amides is 1. The molecular weight excluding hydrogens is 438 g/mol.